The summed E-state index contributed by atoms with van der Waals surface area (Å²) in [5.74, 6) is 1.10. The highest BCUT2D eigenvalue weighted by molar-refractivity contribution is 5.99. The Morgan fingerprint density at radius 1 is 0.929 bits per heavy atom. The summed E-state index contributed by atoms with van der Waals surface area (Å²) in [7, 11) is 0. The molecule has 3 heteroatoms. The van der Waals surface area contributed by atoms with Gasteiger partial charge in [-0.15, -0.1) is 0 Å². The molecule has 0 amide bonds. The predicted octanol–water partition coefficient (Wildman–Crippen LogP) is 5.41. The Kier molecular flexibility index (Phi) is 6.51. The Hall–Kier alpha value is -3.04. The van der Waals surface area contributed by atoms with Crippen LogP contribution < -0.4 is 10.5 Å². The minimum Gasteiger partial charge on any atom is -0.508 e. The summed E-state index contributed by atoms with van der Waals surface area (Å²) in [6, 6.07) is 24.2. The lowest BCUT2D eigenvalue weighted by Crippen LogP contribution is -2.10. The fourth-order valence-electron chi connectivity index (χ4n) is 3.48. The number of aryl methyl sites for hydroxylation is 1. The minimum absolute atomic E-state index is 0.281. The van der Waals surface area contributed by atoms with Gasteiger partial charge in [-0.1, -0.05) is 55.5 Å². The number of phenols is 1. The van der Waals surface area contributed by atoms with Gasteiger partial charge in [-0.25, -0.2) is 0 Å². The zero-order chi connectivity index (χ0) is 19.9. The molecule has 3 rings (SSSR count). The third-order valence-corrected chi connectivity index (χ3v) is 4.79. The van der Waals surface area contributed by atoms with Crippen LogP contribution in [0.3, 0.4) is 0 Å². The van der Waals surface area contributed by atoms with E-state index in [2.05, 4.69) is 43.3 Å². The zero-order valence-electron chi connectivity index (χ0n) is 16.5. The van der Waals surface area contributed by atoms with E-state index in [1.807, 2.05) is 37.3 Å². The number of nitrogens with two attached hydrogens (primary N) is 1. The summed E-state index contributed by atoms with van der Waals surface area (Å²) in [4.78, 5) is 0. The van der Waals surface area contributed by atoms with Crippen molar-refractivity contribution in [3.05, 3.63) is 95.1 Å². The molecular weight excluding hydrogens is 346 g/mol. The van der Waals surface area contributed by atoms with Crippen molar-refractivity contribution >= 4 is 11.1 Å². The smallest absolute Gasteiger partial charge is 0.119 e. The largest absolute Gasteiger partial charge is 0.508 e. The molecule has 28 heavy (non-hydrogen) atoms. The normalized spacial score (nSPS) is 11.8. The van der Waals surface area contributed by atoms with Gasteiger partial charge in [0, 0.05) is 6.54 Å². The summed E-state index contributed by atoms with van der Waals surface area (Å²) in [6.45, 7) is 5.21. The van der Waals surface area contributed by atoms with Gasteiger partial charge in [-0.05, 0) is 71.0 Å². The standard InChI is InChI=1S/C25H27NO2/c1-3-23(19-7-5-4-6-8-19)25(24-14-11-21(27)17-18(24)2)20-9-12-22(13-10-20)28-16-15-26/h4-14,17,27H,3,15-16,26H2,1-2H3/b25-23+. The van der Waals surface area contributed by atoms with Gasteiger partial charge in [0.25, 0.3) is 0 Å². The van der Waals surface area contributed by atoms with Gasteiger partial charge in [0.05, 0.1) is 0 Å². The molecule has 0 saturated heterocycles. The van der Waals surface area contributed by atoms with E-state index in [1.54, 1.807) is 6.07 Å². The van der Waals surface area contributed by atoms with E-state index in [4.69, 9.17) is 10.5 Å². The molecule has 0 fully saturated rings. The van der Waals surface area contributed by atoms with Gasteiger partial charge in [0.15, 0.2) is 0 Å². The van der Waals surface area contributed by atoms with Crippen LogP contribution >= 0.6 is 0 Å². The van der Waals surface area contributed by atoms with Crippen LogP contribution in [0.5, 0.6) is 11.5 Å². The van der Waals surface area contributed by atoms with E-state index in [9.17, 15) is 5.11 Å². The van der Waals surface area contributed by atoms with Crippen molar-refractivity contribution in [3.63, 3.8) is 0 Å². The summed E-state index contributed by atoms with van der Waals surface area (Å²) in [5, 5.41) is 9.88. The molecule has 0 atom stereocenters. The lowest BCUT2D eigenvalue weighted by Gasteiger charge is -2.18. The van der Waals surface area contributed by atoms with E-state index in [1.165, 1.54) is 16.7 Å². The van der Waals surface area contributed by atoms with Gasteiger partial charge in [0.1, 0.15) is 18.1 Å². The lowest BCUT2D eigenvalue weighted by atomic mass is 9.86. The second kappa shape index (κ2) is 9.25. The molecule has 0 spiro atoms. The summed E-state index contributed by atoms with van der Waals surface area (Å²) in [6.07, 6.45) is 0.894. The molecule has 0 unspecified atom stereocenters. The zero-order valence-corrected chi connectivity index (χ0v) is 16.5. The van der Waals surface area contributed by atoms with Crippen molar-refractivity contribution in [1.29, 1.82) is 0 Å². The summed E-state index contributed by atoms with van der Waals surface area (Å²) >= 11 is 0. The van der Waals surface area contributed by atoms with Crippen molar-refractivity contribution in [1.82, 2.24) is 0 Å². The highest BCUT2D eigenvalue weighted by Crippen LogP contribution is 2.37. The maximum atomic E-state index is 9.88. The molecule has 3 N–H and O–H groups in total. The number of benzene rings is 3. The van der Waals surface area contributed by atoms with Crippen LogP contribution in [0, 0.1) is 6.92 Å². The molecule has 0 heterocycles. The van der Waals surface area contributed by atoms with Crippen LogP contribution in [0.4, 0.5) is 0 Å². The molecule has 0 bridgehead atoms. The van der Waals surface area contributed by atoms with Crippen LogP contribution in [0.15, 0.2) is 72.8 Å². The van der Waals surface area contributed by atoms with Crippen molar-refractivity contribution in [2.24, 2.45) is 5.73 Å². The lowest BCUT2D eigenvalue weighted by molar-refractivity contribution is 0.328. The number of ether oxygens (including phenoxy) is 1. The van der Waals surface area contributed by atoms with Crippen LogP contribution in [0.2, 0.25) is 0 Å². The Bertz CT molecular complexity index is 944. The second-order valence-electron chi connectivity index (χ2n) is 6.73. The van der Waals surface area contributed by atoms with Crippen molar-refractivity contribution < 1.29 is 9.84 Å². The van der Waals surface area contributed by atoms with Crippen LogP contribution in [-0.4, -0.2) is 18.3 Å². The van der Waals surface area contributed by atoms with Gasteiger partial charge in [-0.2, -0.15) is 0 Å². The Morgan fingerprint density at radius 3 is 2.25 bits per heavy atom. The maximum Gasteiger partial charge on any atom is 0.119 e. The number of hydrogen-bond acceptors (Lipinski definition) is 3. The van der Waals surface area contributed by atoms with Crippen molar-refractivity contribution in [3.8, 4) is 11.5 Å². The molecule has 0 aliphatic rings. The van der Waals surface area contributed by atoms with Crippen LogP contribution in [0.1, 0.15) is 35.6 Å². The Labute approximate surface area is 167 Å². The first kappa shape index (κ1) is 19.7. The summed E-state index contributed by atoms with van der Waals surface area (Å²) in [5.41, 5.74) is 12.5. The molecule has 0 aromatic heterocycles. The van der Waals surface area contributed by atoms with Crippen LogP contribution in [0.25, 0.3) is 11.1 Å². The van der Waals surface area contributed by atoms with Gasteiger partial charge >= 0.3 is 0 Å². The minimum atomic E-state index is 0.281. The monoisotopic (exact) mass is 373 g/mol. The van der Waals surface area contributed by atoms with Gasteiger partial charge < -0.3 is 15.6 Å². The fraction of sp³-hybridized carbons (Fsp3) is 0.200. The quantitative estimate of drug-likeness (QED) is 0.545. The van der Waals surface area contributed by atoms with E-state index >= 15 is 0 Å². The molecular formula is C25H27NO2. The predicted molar refractivity (Wildman–Crippen MR) is 116 cm³/mol. The topological polar surface area (TPSA) is 55.5 Å². The Balaban J connectivity index is 2.18. The number of allylic oxidation sites excluding steroid dienone is 1. The SMILES string of the molecule is CC/C(=C(/c1ccc(OCCN)cc1)c1ccc(O)cc1C)c1ccccc1. The van der Waals surface area contributed by atoms with Gasteiger partial charge in [-0.3, -0.25) is 0 Å². The Morgan fingerprint density at radius 2 is 1.64 bits per heavy atom. The summed E-state index contributed by atoms with van der Waals surface area (Å²) < 4.78 is 5.63. The molecule has 0 aliphatic heterocycles. The van der Waals surface area contributed by atoms with Gasteiger partial charge in [0.2, 0.25) is 0 Å². The highest BCUT2D eigenvalue weighted by atomic mass is 16.5. The van der Waals surface area contributed by atoms with E-state index in [0.717, 1.165) is 28.9 Å². The molecule has 3 nitrogen and oxygen atoms in total. The van der Waals surface area contributed by atoms with Crippen LogP contribution in [-0.2, 0) is 0 Å². The molecule has 0 radical (unpaired) electrons. The van der Waals surface area contributed by atoms with E-state index in [0.29, 0.717) is 13.2 Å². The number of rotatable bonds is 7. The second-order valence-corrected chi connectivity index (χ2v) is 6.73. The first-order chi connectivity index (χ1) is 13.6. The molecule has 144 valence electrons. The first-order valence-corrected chi connectivity index (χ1v) is 9.66. The molecule has 0 aliphatic carbocycles. The first-order valence-electron chi connectivity index (χ1n) is 9.66. The molecule has 3 aromatic rings. The maximum absolute atomic E-state index is 9.88. The molecule has 0 saturated carbocycles. The number of hydrogen-bond donors (Lipinski definition) is 2. The fourth-order valence-corrected chi connectivity index (χ4v) is 3.48. The number of aromatic hydroxyl groups is 1. The average molecular weight is 373 g/mol. The van der Waals surface area contributed by atoms with Crippen molar-refractivity contribution in [2.75, 3.05) is 13.2 Å². The highest BCUT2D eigenvalue weighted by Gasteiger charge is 2.15. The average Bonchev–Trinajstić information content (AvgIpc) is 2.72. The third-order valence-electron chi connectivity index (χ3n) is 4.79. The van der Waals surface area contributed by atoms with E-state index in [-0.39, 0.29) is 5.75 Å². The van der Waals surface area contributed by atoms with Crippen molar-refractivity contribution in [2.45, 2.75) is 20.3 Å². The third kappa shape index (κ3) is 4.44. The van der Waals surface area contributed by atoms with E-state index < -0.39 is 0 Å². The molecule has 3 aromatic carbocycles. The number of phenolic OH excluding ortho intramolecular Hbond substituents is 1.